The Morgan fingerprint density at radius 3 is 1.71 bits per heavy atom. The maximum Gasteiger partial charge on any atom is 0.330 e. The number of nitrogens with zero attached hydrogens (tertiary/aromatic N) is 7. The van der Waals surface area contributed by atoms with Gasteiger partial charge in [-0.05, 0) is 42.9 Å². The number of unbranched alkanes of at least 4 members (excludes halogenated alkanes) is 2. The Labute approximate surface area is 364 Å². The number of benzene rings is 3. The van der Waals surface area contributed by atoms with Crippen molar-refractivity contribution in [1.29, 1.82) is 5.26 Å². The number of carbonyl (C=O) groups is 2. The van der Waals surface area contributed by atoms with Crippen LogP contribution in [0.2, 0.25) is 0 Å². The second kappa shape index (κ2) is 27.3. The molecule has 3 rings (SSSR count). The van der Waals surface area contributed by atoms with Crippen LogP contribution in [0.15, 0.2) is 94.3 Å². The predicted molar refractivity (Wildman–Crippen MR) is 238 cm³/mol. The van der Waals surface area contributed by atoms with Crippen LogP contribution in [-0.2, 0) is 19.1 Å². The first-order valence-corrected chi connectivity index (χ1v) is 21.0. The number of hydrogen-bond donors (Lipinski definition) is 0. The highest BCUT2D eigenvalue weighted by molar-refractivity contribution is 5.81. The number of methoxy groups -OCH3 is 1. The highest BCUT2D eigenvalue weighted by Gasteiger charge is 2.19. The number of nitriles is 1. The van der Waals surface area contributed by atoms with E-state index in [0.29, 0.717) is 53.2 Å². The van der Waals surface area contributed by atoms with Crippen LogP contribution in [0, 0.1) is 33.3 Å². The number of hydrogen-bond acceptors (Lipinski definition) is 15. The van der Waals surface area contributed by atoms with Crippen LogP contribution in [0.25, 0.3) is 0 Å². The number of anilines is 1. The molecule has 0 radical (unpaired) electrons. The third-order valence-corrected chi connectivity index (χ3v) is 9.99. The highest BCUT2D eigenvalue weighted by Crippen LogP contribution is 2.43. The number of rotatable bonds is 29. The van der Waals surface area contributed by atoms with Crippen LogP contribution in [0.4, 0.5) is 34.1 Å². The third kappa shape index (κ3) is 16.1. The molecule has 2 atom stereocenters. The molecule has 0 saturated heterocycles. The van der Waals surface area contributed by atoms with Crippen molar-refractivity contribution in [3.05, 3.63) is 89.5 Å². The lowest BCUT2D eigenvalue weighted by Gasteiger charge is -2.25. The number of azo groups is 2. The molecular formula is C46H59N7O9. The lowest BCUT2D eigenvalue weighted by Crippen LogP contribution is -2.32. The summed E-state index contributed by atoms with van der Waals surface area (Å²) in [6.45, 7) is 16.9. The monoisotopic (exact) mass is 853 g/mol. The van der Waals surface area contributed by atoms with Crippen molar-refractivity contribution in [1.82, 2.24) is 0 Å². The second-order valence-corrected chi connectivity index (χ2v) is 14.3. The smallest absolute Gasteiger partial charge is 0.330 e. The van der Waals surface area contributed by atoms with Gasteiger partial charge in [0.1, 0.15) is 59.3 Å². The minimum absolute atomic E-state index is 0.00465. The number of non-ortho nitro benzene ring substituents is 1. The van der Waals surface area contributed by atoms with Crippen LogP contribution < -0.4 is 19.1 Å². The zero-order valence-electron chi connectivity index (χ0n) is 36.5. The summed E-state index contributed by atoms with van der Waals surface area (Å²) in [5.41, 5.74) is 1.66. The molecule has 3 aromatic carbocycles. The summed E-state index contributed by atoms with van der Waals surface area (Å²) in [6, 6.07) is 14.4. The Kier molecular flexibility index (Phi) is 21.9. The van der Waals surface area contributed by atoms with Crippen LogP contribution in [-0.4, -0.2) is 63.5 Å². The summed E-state index contributed by atoms with van der Waals surface area (Å²) in [5.74, 6) is 0.544. The van der Waals surface area contributed by atoms with Crippen molar-refractivity contribution in [3.63, 3.8) is 0 Å². The van der Waals surface area contributed by atoms with Gasteiger partial charge >= 0.3 is 11.9 Å². The van der Waals surface area contributed by atoms with Crippen molar-refractivity contribution < 1.29 is 38.2 Å². The van der Waals surface area contributed by atoms with E-state index in [2.05, 4.69) is 61.3 Å². The summed E-state index contributed by atoms with van der Waals surface area (Å²) in [7, 11) is 1.51. The minimum atomic E-state index is -0.575. The highest BCUT2D eigenvalue weighted by atomic mass is 16.6. The van der Waals surface area contributed by atoms with Crippen LogP contribution in [0.3, 0.4) is 0 Å². The Bertz CT molecular complexity index is 2040. The van der Waals surface area contributed by atoms with E-state index in [1.54, 1.807) is 30.3 Å². The first-order chi connectivity index (χ1) is 30.0. The van der Waals surface area contributed by atoms with Crippen molar-refractivity contribution in [2.75, 3.05) is 51.5 Å². The second-order valence-electron chi connectivity index (χ2n) is 14.3. The summed E-state index contributed by atoms with van der Waals surface area (Å²) in [5, 5.41) is 39.3. The van der Waals surface area contributed by atoms with Gasteiger partial charge in [0.25, 0.3) is 5.69 Å². The van der Waals surface area contributed by atoms with Crippen molar-refractivity contribution >= 4 is 46.1 Å². The number of nitro benzene ring substituents is 1. The summed E-state index contributed by atoms with van der Waals surface area (Å²) >= 11 is 0. The fourth-order valence-electron chi connectivity index (χ4n) is 6.11. The average molecular weight is 854 g/mol. The Morgan fingerprint density at radius 2 is 1.26 bits per heavy atom. The molecule has 0 N–H and O–H groups in total. The lowest BCUT2D eigenvalue weighted by atomic mass is 10.0. The Hall–Kier alpha value is -6.63. The number of nitro groups is 1. The Balaban J connectivity index is 2.14. The van der Waals surface area contributed by atoms with Gasteiger partial charge in [-0.1, -0.05) is 79.4 Å². The Morgan fingerprint density at radius 1 is 0.758 bits per heavy atom. The first kappa shape index (κ1) is 49.7. The van der Waals surface area contributed by atoms with Crippen LogP contribution in [0.1, 0.15) is 84.6 Å². The molecule has 16 nitrogen and oxygen atoms in total. The van der Waals surface area contributed by atoms with E-state index in [0.717, 1.165) is 69.6 Å². The van der Waals surface area contributed by atoms with Gasteiger partial charge in [-0.2, -0.15) is 5.26 Å². The van der Waals surface area contributed by atoms with Gasteiger partial charge in [-0.25, -0.2) is 9.59 Å². The summed E-state index contributed by atoms with van der Waals surface area (Å²) < 4.78 is 29.1. The van der Waals surface area contributed by atoms with Crippen LogP contribution >= 0.6 is 0 Å². The molecule has 0 spiro atoms. The number of carbonyl (C=O) groups excluding carboxylic acids is 2. The van der Waals surface area contributed by atoms with E-state index < -0.39 is 16.9 Å². The minimum Gasteiger partial charge on any atom is -0.494 e. The van der Waals surface area contributed by atoms with Gasteiger partial charge in [-0.15, -0.1) is 20.5 Å². The fraction of sp³-hybridized carbons (Fsp3) is 0.457. The van der Waals surface area contributed by atoms with E-state index in [1.807, 2.05) is 11.0 Å². The van der Waals surface area contributed by atoms with E-state index >= 15 is 0 Å². The predicted octanol–water partition coefficient (Wildman–Crippen LogP) is 11.8. The third-order valence-electron chi connectivity index (χ3n) is 9.99. The summed E-state index contributed by atoms with van der Waals surface area (Å²) in [6.07, 6.45) is 10.2. The van der Waals surface area contributed by atoms with E-state index in [1.165, 1.54) is 19.2 Å². The van der Waals surface area contributed by atoms with Crippen molar-refractivity contribution in [2.45, 2.75) is 79.1 Å². The SMILES string of the molecule is C=CC(=O)OCCN(CCOC(=O)C=C)c1ccc(N=Nc2cc(OCC(CC)CCCC)c(N=Nc3ccc([N+](=O)[O-])cc3C#N)cc2OCC(CC)CCCC)c(OC)c1. The largest absolute Gasteiger partial charge is 0.494 e. The molecule has 0 bridgehead atoms. The molecular weight excluding hydrogens is 795 g/mol. The van der Waals surface area contributed by atoms with Crippen molar-refractivity contribution in [3.8, 4) is 23.3 Å². The molecule has 0 saturated carbocycles. The normalized spacial score (nSPS) is 12.0. The molecule has 62 heavy (non-hydrogen) atoms. The van der Waals surface area contributed by atoms with Gasteiger partial charge in [-0.3, -0.25) is 10.1 Å². The van der Waals surface area contributed by atoms with Gasteiger partial charge in [0.2, 0.25) is 0 Å². The fourth-order valence-corrected chi connectivity index (χ4v) is 6.11. The topological polar surface area (TPSA) is 200 Å². The number of esters is 2. The van der Waals surface area contributed by atoms with Gasteiger partial charge in [0, 0.05) is 48.2 Å². The molecule has 0 aliphatic heterocycles. The van der Waals surface area contributed by atoms with Gasteiger partial charge in [0.05, 0.1) is 43.9 Å². The van der Waals surface area contributed by atoms with E-state index in [9.17, 15) is 25.0 Å². The summed E-state index contributed by atoms with van der Waals surface area (Å²) in [4.78, 5) is 36.1. The molecule has 332 valence electrons. The molecule has 3 aromatic rings. The standard InChI is InChI=1S/C46H59N7O9/c1-8-14-16-33(10-3)31-61-43-29-41(51-49-39-21-18-36(27-42(39)58-7)52(22-24-59-45(54)12-5)23-25-60-46(55)13-6)44(62-32-34(11-4)17-15-9-2)28-40(43)50-48-38-20-19-37(53(56)57)26-35(38)30-47/h12-13,18-21,26-29,33-34H,5-6,8-11,14-17,22-25,31-32H2,1-4,7H3. The van der Waals surface area contributed by atoms with Crippen molar-refractivity contribution in [2.24, 2.45) is 32.3 Å². The molecule has 16 heteroatoms. The van der Waals surface area contributed by atoms with E-state index in [4.69, 9.17) is 23.7 Å². The lowest BCUT2D eigenvalue weighted by molar-refractivity contribution is -0.384. The number of ether oxygens (including phenoxy) is 5. The molecule has 0 heterocycles. The van der Waals surface area contributed by atoms with Crippen LogP contribution in [0.5, 0.6) is 17.2 Å². The maximum absolute atomic E-state index is 11.7. The maximum atomic E-state index is 11.7. The molecule has 0 amide bonds. The van der Waals surface area contributed by atoms with Gasteiger partial charge < -0.3 is 28.6 Å². The quantitative estimate of drug-likeness (QED) is 0.0211. The zero-order chi connectivity index (χ0) is 45.3. The molecule has 0 aliphatic carbocycles. The first-order valence-electron chi connectivity index (χ1n) is 21.0. The van der Waals surface area contributed by atoms with E-state index in [-0.39, 0.29) is 55.1 Å². The zero-order valence-corrected chi connectivity index (χ0v) is 36.5. The average Bonchev–Trinajstić information content (AvgIpc) is 3.29. The molecule has 2 unspecified atom stereocenters. The molecule has 0 aromatic heterocycles. The molecule has 0 fully saturated rings. The van der Waals surface area contributed by atoms with Gasteiger partial charge in [0.15, 0.2) is 0 Å². The molecule has 0 aliphatic rings.